The minimum Gasteiger partial charge on any atom is -0.377 e. The number of hydrogen-bond acceptors (Lipinski definition) is 5. The number of carbonyl (C=O) groups is 1. The van der Waals surface area contributed by atoms with Crippen LogP contribution >= 0.6 is 0 Å². The van der Waals surface area contributed by atoms with Crippen LogP contribution in [-0.2, 0) is 16.0 Å². The topological polar surface area (TPSA) is 81.3 Å². The molecule has 1 atom stereocenters. The molecule has 0 unspecified atom stereocenters. The lowest BCUT2D eigenvalue weighted by molar-refractivity contribution is -0.121. The number of aryl methyl sites for hydroxylation is 1. The number of rotatable bonds is 3. The number of primary amides is 1. The first-order chi connectivity index (χ1) is 8.65. The average Bonchev–Trinajstić information content (AvgIpc) is 2.39. The highest BCUT2D eigenvalue weighted by molar-refractivity contribution is 5.83. The van der Waals surface area contributed by atoms with E-state index in [9.17, 15) is 9.18 Å². The molecular formula is C11H15FN4O2. The minimum absolute atomic E-state index is 0.119. The zero-order valence-corrected chi connectivity index (χ0v) is 10.1. The second kappa shape index (κ2) is 5.26. The third kappa shape index (κ3) is 2.26. The minimum atomic E-state index is -0.687. The van der Waals surface area contributed by atoms with Crippen molar-refractivity contribution in [1.82, 2.24) is 9.97 Å². The quantitative estimate of drug-likeness (QED) is 0.812. The Kier molecular flexibility index (Phi) is 3.71. The maximum Gasteiger partial charge on any atom is 0.242 e. The summed E-state index contributed by atoms with van der Waals surface area (Å²) in [5, 5.41) is 0. The van der Waals surface area contributed by atoms with Gasteiger partial charge in [0.2, 0.25) is 5.91 Å². The summed E-state index contributed by atoms with van der Waals surface area (Å²) in [5.74, 6) is -0.923. The third-order valence-corrected chi connectivity index (χ3v) is 2.91. The zero-order chi connectivity index (χ0) is 13.1. The number of amides is 1. The summed E-state index contributed by atoms with van der Waals surface area (Å²) in [6.45, 7) is 2.75. The maximum atomic E-state index is 14.1. The van der Waals surface area contributed by atoms with E-state index < -0.39 is 17.8 Å². The van der Waals surface area contributed by atoms with Gasteiger partial charge in [-0.25, -0.2) is 14.4 Å². The molecule has 1 aromatic heterocycles. The highest BCUT2D eigenvalue weighted by Gasteiger charge is 2.31. The summed E-state index contributed by atoms with van der Waals surface area (Å²) >= 11 is 0. The number of anilines is 1. The molecule has 1 aliphatic heterocycles. The highest BCUT2D eigenvalue weighted by Crippen LogP contribution is 2.22. The molecule has 98 valence electrons. The number of aromatic nitrogens is 2. The monoisotopic (exact) mass is 254 g/mol. The summed E-state index contributed by atoms with van der Waals surface area (Å²) in [6.07, 6.45) is 1.76. The lowest BCUT2D eigenvalue weighted by atomic mass is 10.2. The van der Waals surface area contributed by atoms with E-state index in [4.69, 9.17) is 10.5 Å². The smallest absolute Gasteiger partial charge is 0.242 e. The summed E-state index contributed by atoms with van der Waals surface area (Å²) in [4.78, 5) is 20.7. The Hall–Kier alpha value is -1.76. The fourth-order valence-electron chi connectivity index (χ4n) is 1.94. The highest BCUT2D eigenvalue weighted by atomic mass is 19.1. The second-order valence-corrected chi connectivity index (χ2v) is 4.00. The lowest BCUT2D eigenvalue weighted by Gasteiger charge is -2.34. The van der Waals surface area contributed by atoms with Crippen LogP contribution in [0.5, 0.6) is 0 Å². The molecule has 0 spiro atoms. The molecule has 0 saturated carbocycles. The van der Waals surface area contributed by atoms with Crippen molar-refractivity contribution in [1.29, 1.82) is 0 Å². The molecule has 1 fully saturated rings. The summed E-state index contributed by atoms with van der Waals surface area (Å²) < 4.78 is 19.3. The molecule has 1 aromatic rings. The summed E-state index contributed by atoms with van der Waals surface area (Å²) in [5.41, 5.74) is 5.62. The van der Waals surface area contributed by atoms with Crippen molar-refractivity contribution in [2.75, 3.05) is 24.7 Å². The number of nitrogens with zero attached hydrogens (tertiary/aromatic N) is 3. The molecule has 0 bridgehead atoms. The van der Waals surface area contributed by atoms with E-state index in [-0.39, 0.29) is 12.4 Å². The van der Waals surface area contributed by atoms with Gasteiger partial charge in [0.05, 0.1) is 18.9 Å². The van der Waals surface area contributed by atoms with Crippen LogP contribution in [0, 0.1) is 5.82 Å². The van der Waals surface area contributed by atoms with Crippen LogP contribution in [-0.4, -0.2) is 41.7 Å². The van der Waals surface area contributed by atoms with E-state index in [0.717, 1.165) is 0 Å². The number of morpholine rings is 1. The predicted molar refractivity (Wildman–Crippen MR) is 62.5 cm³/mol. The fourth-order valence-corrected chi connectivity index (χ4v) is 1.94. The van der Waals surface area contributed by atoms with Crippen LogP contribution in [0.15, 0.2) is 6.33 Å². The van der Waals surface area contributed by atoms with Gasteiger partial charge in [0, 0.05) is 6.54 Å². The van der Waals surface area contributed by atoms with Crippen molar-refractivity contribution in [3.8, 4) is 0 Å². The first-order valence-corrected chi connectivity index (χ1v) is 5.78. The van der Waals surface area contributed by atoms with Crippen LogP contribution in [0.3, 0.4) is 0 Å². The van der Waals surface area contributed by atoms with Crippen LogP contribution in [0.25, 0.3) is 0 Å². The zero-order valence-electron chi connectivity index (χ0n) is 10.1. The largest absolute Gasteiger partial charge is 0.377 e. The molecule has 1 saturated heterocycles. The van der Waals surface area contributed by atoms with Gasteiger partial charge in [0.1, 0.15) is 12.4 Å². The van der Waals surface area contributed by atoms with Gasteiger partial charge in [0.15, 0.2) is 11.6 Å². The van der Waals surface area contributed by atoms with E-state index in [1.165, 1.54) is 6.33 Å². The Morgan fingerprint density at radius 3 is 3.11 bits per heavy atom. The van der Waals surface area contributed by atoms with E-state index in [0.29, 0.717) is 25.3 Å². The van der Waals surface area contributed by atoms with Crippen LogP contribution in [0.2, 0.25) is 0 Å². The van der Waals surface area contributed by atoms with Crippen molar-refractivity contribution in [2.24, 2.45) is 5.73 Å². The van der Waals surface area contributed by atoms with Gasteiger partial charge in [-0.2, -0.15) is 0 Å². The molecule has 18 heavy (non-hydrogen) atoms. The van der Waals surface area contributed by atoms with Gasteiger partial charge in [0.25, 0.3) is 0 Å². The van der Waals surface area contributed by atoms with Crippen molar-refractivity contribution < 1.29 is 13.9 Å². The van der Waals surface area contributed by atoms with Crippen LogP contribution in [0.4, 0.5) is 10.2 Å². The summed E-state index contributed by atoms with van der Waals surface area (Å²) in [7, 11) is 0. The molecule has 2 N–H and O–H groups in total. The molecule has 0 aliphatic carbocycles. The molecule has 7 heteroatoms. The molecule has 0 aromatic carbocycles. The molecule has 2 rings (SSSR count). The Balaban J connectivity index is 2.36. The molecule has 1 amide bonds. The standard InChI is InChI=1S/C11H15FN4O2/c1-2-7-9(12)11(15-6-14-7)16-3-4-18-5-8(16)10(13)17/h6,8H,2-5H2,1H3,(H2,13,17)/t8-/m0/s1. The molecule has 6 nitrogen and oxygen atoms in total. The third-order valence-electron chi connectivity index (χ3n) is 2.91. The molecule has 0 radical (unpaired) electrons. The van der Waals surface area contributed by atoms with E-state index in [1.54, 1.807) is 11.8 Å². The normalized spacial score (nSPS) is 19.9. The van der Waals surface area contributed by atoms with E-state index in [2.05, 4.69) is 9.97 Å². The second-order valence-electron chi connectivity index (χ2n) is 4.00. The van der Waals surface area contributed by atoms with Crippen LogP contribution < -0.4 is 10.6 Å². The Morgan fingerprint density at radius 1 is 1.67 bits per heavy atom. The van der Waals surface area contributed by atoms with Crippen LogP contribution in [0.1, 0.15) is 12.6 Å². The van der Waals surface area contributed by atoms with Gasteiger partial charge >= 0.3 is 0 Å². The van der Waals surface area contributed by atoms with Gasteiger partial charge < -0.3 is 15.4 Å². The summed E-state index contributed by atoms with van der Waals surface area (Å²) in [6, 6.07) is -0.687. The molecular weight excluding hydrogens is 239 g/mol. The first kappa shape index (κ1) is 12.7. The van der Waals surface area contributed by atoms with E-state index >= 15 is 0 Å². The number of carbonyl (C=O) groups excluding carboxylic acids is 1. The van der Waals surface area contributed by atoms with Gasteiger partial charge in [-0.05, 0) is 6.42 Å². The predicted octanol–water partition coefficient (Wildman–Crippen LogP) is -0.131. The van der Waals surface area contributed by atoms with Crippen molar-refractivity contribution in [2.45, 2.75) is 19.4 Å². The van der Waals surface area contributed by atoms with E-state index in [1.807, 2.05) is 0 Å². The van der Waals surface area contributed by atoms with Gasteiger partial charge in [-0.15, -0.1) is 0 Å². The first-order valence-electron chi connectivity index (χ1n) is 5.78. The number of hydrogen-bond donors (Lipinski definition) is 1. The average molecular weight is 254 g/mol. The number of ether oxygens (including phenoxy) is 1. The number of nitrogens with two attached hydrogens (primary N) is 1. The Bertz CT molecular complexity index is 455. The van der Waals surface area contributed by atoms with Gasteiger partial charge in [-0.1, -0.05) is 6.92 Å². The van der Waals surface area contributed by atoms with Crippen molar-refractivity contribution in [3.63, 3.8) is 0 Å². The van der Waals surface area contributed by atoms with Crippen molar-refractivity contribution >= 4 is 11.7 Å². The number of halogens is 1. The lowest BCUT2D eigenvalue weighted by Crippen LogP contribution is -2.53. The Labute approximate surface area is 104 Å². The fraction of sp³-hybridized carbons (Fsp3) is 0.545. The SMILES string of the molecule is CCc1ncnc(N2CCOC[C@H]2C(N)=O)c1F. The molecule has 2 heterocycles. The Morgan fingerprint density at radius 2 is 2.44 bits per heavy atom. The van der Waals surface area contributed by atoms with Crippen molar-refractivity contribution in [3.05, 3.63) is 17.8 Å². The van der Waals surface area contributed by atoms with Gasteiger partial charge in [-0.3, -0.25) is 4.79 Å². The molecule has 1 aliphatic rings. The maximum absolute atomic E-state index is 14.1.